The van der Waals surface area contributed by atoms with Crippen LogP contribution in [0.5, 0.6) is 5.75 Å². The molecule has 0 bridgehead atoms. The van der Waals surface area contributed by atoms with E-state index in [-0.39, 0.29) is 26.8 Å². The summed E-state index contributed by atoms with van der Waals surface area (Å²) in [5.74, 6) is -2.56. The number of non-ortho nitro benzene ring substituents is 1. The Labute approximate surface area is 227 Å². The molecule has 1 unspecified atom stereocenters. The number of aromatic nitrogens is 1. The topological polar surface area (TPSA) is 149 Å². The number of methoxy groups -OCH3 is 1. The summed E-state index contributed by atoms with van der Waals surface area (Å²) in [4.78, 5) is 55.1. The summed E-state index contributed by atoms with van der Waals surface area (Å²) in [5.41, 5.74) is 0.449. The summed E-state index contributed by atoms with van der Waals surface area (Å²) < 4.78 is 10.5. The molecule has 1 amide bonds. The van der Waals surface area contributed by atoms with Gasteiger partial charge < -0.3 is 14.6 Å². The molecule has 1 atom stereocenters. The molecule has 202 valence electrons. The van der Waals surface area contributed by atoms with Gasteiger partial charge in [-0.1, -0.05) is 36.8 Å². The number of nitrogens with zero attached hydrogens (tertiary/aromatic N) is 3. The Hall–Kier alpha value is -4.58. The number of ether oxygens (including phenoxy) is 2. The van der Waals surface area contributed by atoms with Gasteiger partial charge in [-0.25, -0.2) is 9.78 Å². The minimum atomic E-state index is -1.17. The number of carbonyl (C=O) groups is 3. The normalized spacial score (nSPS) is 16.4. The number of hydrogen-bond donors (Lipinski definition) is 1. The van der Waals surface area contributed by atoms with E-state index in [0.29, 0.717) is 23.6 Å². The number of esters is 1. The number of ketones is 1. The average Bonchev–Trinajstić information content (AvgIpc) is 3.44. The van der Waals surface area contributed by atoms with Gasteiger partial charge in [-0.3, -0.25) is 24.6 Å². The highest BCUT2D eigenvalue weighted by molar-refractivity contribution is 7.17. The maximum atomic E-state index is 13.4. The van der Waals surface area contributed by atoms with Crippen LogP contribution in [-0.4, -0.2) is 46.4 Å². The van der Waals surface area contributed by atoms with Crippen molar-refractivity contribution in [2.24, 2.45) is 0 Å². The van der Waals surface area contributed by atoms with E-state index in [0.717, 1.165) is 29.1 Å². The Morgan fingerprint density at radius 3 is 2.56 bits per heavy atom. The lowest BCUT2D eigenvalue weighted by Crippen LogP contribution is -2.29. The number of aliphatic hydroxyl groups excluding tert-OH is 1. The van der Waals surface area contributed by atoms with Gasteiger partial charge in [0.15, 0.2) is 5.13 Å². The molecule has 1 saturated heterocycles. The molecule has 11 nitrogen and oxygen atoms in total. The van der Waals surface area contributed by atoms with Crippen LogP contribution in [0, 0.1) is 17.0 Å². The fourth-order valence-electron chi connectivity index (χ4n) is 4.11. The van der Waals surface area contributed by atoms with Crippen LogP contribution in [0.2, 0.25) is 0 Å². The zero-order valence-corrected chi connectivity index (χ0v) is 22.2. The monoisotopic (exact) mass is 551 g/mol. The third kappa shape index (κ3) is 5.36. The van der Waals surface area contributed by atoms with E-state index in [2.05, 4.69) is 4.98 Å². The van der Waals surface area contributed by atoms with Crippen molar-refractivity contribution >= 4 is 45.6 Å². The lowest BCUT2D eigenvalue weighted by atomic mass is 9.95. The SMILES string of the molecule is CCCCOc1cccc(C(O)=C2C(=O)C(=O)N(c3nc(C)c(C(=O)OC)s3)C2c2ccc([N+](=O)[O-])cc2)c1. The minimum absolute atomic E-state index is 0.0362. The van der Waals surface area contributed by atoms with Crippen molar-refractivity contribution in [1.82, 2.24) is 4.98 Å². The first-order valence-corrected chi connectivity index (χ1v) is 12.8. The number of aryl methyl sites for hydroxylation is 1. The number of anilines is 1. The molecule has 3 aromatic rings. The number of benzene rings is 2. The lowest BCUT2D eigenvalue weighted by Gasteiger charge is -2.23. The number of Topliss-reactive ketones (excluding diaryl/α,β-unsaturated/α-hetero) is 1. The summed E-state index contributed by atoms with van der Waals surface area (Å²) >= 11 is 0.860. The van der Waals surface area contributed by atoms with Crippen molar-refractivity contribution in [1.29, 1.82) is 0 Å². The van der Waals surface area contributed by atoms with E-state index < -0.39 is 34.4 Å². The molecule has 1 aliphatic heterocycles. The highest BCUT2D eigenvalue weighted by atomic mass is 32.1. The summed E-state index contributed by atoms with van der Waals surface area (Å²) in [5, 5.41) is 22.6. The van der Waals surface area contributed by atoms with Gasteiger partial charge in [0.2, 0.25) is 0 Å². The first-order valence-electron chi connectivity index (χ1n) is 12.0. The van der Waals surface area contributed by atoms with Gasteiger partial charge in [0.25, 0.3) is 11.5 Å². The lowest BCUT2D eigenvalue weighted by molar-refractivity contribution is -0.384. The Morgan fingerprint density at radius 1 is 1.21 bits per heavy atom. The quantitative estimate of drug-likeness (QED) is 0.0741. The van der Waals surface area contributed by atoms with Gasteiger partial charge in [0, 0.05) is 17.7 Å². The zero-order chi connectivity index (χ0) is 28.3. The summed E-state index contributed by atoms with van der Waals surface area (Å²) in [6.45, 7) is 4.06. The Bertz CT molecular complexity index is 1480. The van der Waals surface area contributed by atoms with Crippen LogP contribution in [0.1, 0.15) is 52.3 Å². The van der Waals surface area contributed by atoms with E-state index in [1.807, 2.05) is 6.92 Å². The molecule has 1 aromatic heterocycles. The van der Waals surface area contributed by atoms with Crippen molar-refractivity contribution in [3.63, 3.8) is 0 Å². The number of nitro benzene ring substituents is 1. The van der Waals surface area contributed by atoms with Crippen LogP contribution in [0.3, 0.4) is 0 Å². The van der Waals surface area contributed by atoms with Gasteiger partial charge in [0.1, 0.15) is 16.4 Å². The maximum absolute atomic E-state index is 13.4. The molecule has 0 spiro atoms. The second-order valence-electron chi connectivity index (χ2n) is 8.65. The van der Waals surface area contributed by atoms with E-state index in [1.165, 1.54) is 31.4 Å². The van der Waals surface area contributed by atoms with Gasteiger partial charge in [-0.05, 0) is 43.2 Å². The first kappa shape index (κ1) is 27.5. The Morgan fingerprint density at radius 2 is 1.92 bits per heavy atom. The molecule has 0 radical (unpaired) electrons. The number of carbonyl (C=O) groups excluding carboxylic acids is 3. The van der Waals surface area contributed by atoms with Crippen LogP contribution in [0.4, 0.5) is 10.8 Å². The number of amides is 1. The Balaban J connectivity index is 1.87. The van der Waals surface area contributed by atoms with E-state index >= 15 is 0 Å². The van der Waals surface area contributed by atoms with Crippen LogP contribution < -0.4 is 9.64 Å². The van der Waals surface area contributed by atoms with Crippen molar-refractivity contribution in [2.75, 3.05) is 18.6 Å². The number of aliphatic hydroxyl groups is 1. The van der Waals surface area contributed by atoms with Gasteiger partial charge in [-0.2, -0.15) is 0 Å². The van der Waals surface area contributed by atoms with Crippen LogP contribution in [0.15, 0.2) is 54.1 Å². The molecular formula is C27H25N3O8S. The maximum Gasteiger partial charge on any atom is 0.350 e. The molecular weight excluding hydrogens is 526 g/mol. The van der Waals surface area contributed by atoms with Gasteiger partial charge >= 0.3 is 11.9 Å². The molecule has 0 aliphatic carbocycles. The number of hydrogen-bond acceptors (Lipinski definition) is 10. The van der Waals surface area contributed by atoms with Crippen molar-refractivity contribution in [3.05, 3.63) is 85.9 Å². The fraction of sp³-hybridized carbons (Fsp3) is 0.259. The summed E-state index contributed by atoms with van der Waals surface area (Å²) in [7, 11) is 1.21. The number of nitro groups is 1. The molecule has 2 heterocycles. The van der Waals surface area contributed by atoms with E-state index in [9.17, 15) is 29.6 Å². The molecule has 0 saturated carbocycles. The first-order chi connectivity index (χ1) is 18.7. The predicted octanol–water partition coefficient (Wildman–Crippen LogP) is 4.95. The molecule has 1 fully saturated rings. The number of thiazole rings is 1. The predicted molar refractivity (Wildman–Crippen MR) is 143 cm³/mol. The third-order valence-electron chi connectivity index (χ3n) is 6.10. The number of unbranched alkanes of at least 4 members (excludes halogenated alkanes) is 1. The van der Waals surface area contributed by atoms with Crippen LogP contribution in [-0.2, 0) is 14.3 Å². The molecule has 4 rings (SSSR count). The molecule has 1 aliphatic rings. The van der Waals surface area contributed by atoms with Crippen LogP contribution in [0.25, 0.3) is 5.76 Å². The van der Waals surface area contributed by atoms with Crippen molar-refractivity contribution in [2.45, 2.75) is 32.7 Å². The van der Waals surface area contributed by atoms with Crippen molar-refractivity contribution < 1.29 is 33.9 Å². The molecule has 39 heavy (non-hydrogen) atoms. The highest BCUT2D eigenvalue weighted by Gasteiger charge is 2.48. The van der Waals surface area contributed by atoms with E-state index in [1.54, 1.807) is 31.2 Å². The Kier molecular flexibility index (Phi) is 8.05. The highest BCUT2D eigenvalue weighted by Crippen LogP contribution is 2.44. The fourth-order valence-corrected chi connectivity index (χ4v) is 5.13. The second kappa shape index (κ2) is 11.4. The zero-order valence-electron chi connectivity index (χ0n) is 21.4. The molecule has 2 aromatic carbocycles. The number of rotatable bonds is 9. The largest absolute Gasteiger partial charge is 0.507 e. The van der Waals surface area contributed by atoms with E-state index in [4.69, 9.17) is 9.47 Å². The molecule has 1 N–H and O–H groups in total. The van der Waals surface area contributed by atoms with Gasteiger partial charge in [0.05, 0.1) is 35.9 Å². The third-order valence-corrected chi connectivity index (χ3v) is 7.24. The minimum Gasteiger partial charge on any atom is -0.507 e. The standard InChI is InChI=1S/C27H25N3O8S/c1-4-5-13-38-19-8-6-7-17(14-19)22(31)20-21(16-9-11-18(12-10-16)30(35)36)29(25(33)23(20)32)27-28-15(2)24(39-27)26(34)37-3/h6-12,14,21,31H,4-5,13H2,1-3H3. The smallest absolute Gasteiger partial charge is 0.350 e. The van der Waals surface area contributed by atoms with Crippen molar-refractivity contribution in [3.8, 4) is 5.75 Å². The summed E-state index contributed by atoms with van der Waals surface area (Å²) in [6.07, 6.45) is 1.77. The van der Waals surface area contributed by atoms with Gasteiger partial charge in [-0.15, -0.1) is 0 Å². The molecule has 12 heteroatoms. The van der Waals surface area contributed by atoms with Crippen LogP contribution >= 0.6 is 11.3 Å². The average molecular weight is 552 g/mol. The second-order valence-corrected chi connectivity index (χ2v) is 9.63. The summed E-state index contributed by atoms with van der Waals surface area (Å²) in [6, 6.07) is 10.6.